The minimum absolute atomic E-state index is 0.362. The van der Waals surface area contributed by atoms with Gasteiger partial charge in [0.2, 0.25) is 5.89 Å². The molecule has 18 heavy (non-hydrogen) atoms. The van der Waals surface area contributed by atoms with Crippen LogP contribution >= 0.6 is 11.3 Å². The highest BCUT2D eigenvalue weighted by Crippen LogP contribution is 2.15. The summed E-state index contributed by atoms with van der Waals surface area (Å²) in [4.78, 5) is 16.1. The van der Waals surface area contributed by atoms with E-state index in [9.17, 15) is 4.79 Å². The largest absolute Gasteiger partial charge is 0.477 e. The van der Waals surface area contributed by atoms with E-state index in [1.165, 1.54) is 11.3 Å². The van der Waals surface area contributed by atoms with Crippen molar-refractivity contribution in [3.63, 3.8) is 0 Å². The molecule has 6 nitrogen and oxygen atoms in total. The van der Waals surface area contributed by atoms with Crippen molar-refractivity contribution in [2.45, 2.75) is 19.9 Å². The van der Waals surface area contributed by atoms with Crippen LogP contribution in [0.3, 0.4) is 0 Å². The van der Waals surface area contributed by atoms with Gasteiger partial charge >= 0.3 is 5.97 Å². The molecule has 0 aliphatic rings. The highest BCUT2D eigenvalue weighted by molar-refractivity contribution is 7.13. The molecule has 0 fully saturated rings. The Balaban J connectivity index is 1.73. The summed E-state index contributed by atoms with van der Waals surface area (Å²) in [5.41, 5.74) is 0. The molecule has 0 unspecified atom stereocenters. The molecule has 2 aromatic heterocycles. The fraction of sp³-hybridized carbons (Fsp3) is 0.364. The Bertz CT molecular complexity index is 535. The molecule has 0 saturated carbocycles. The van der Waals surface area contributed by atoms with Crippen LogP contribution in [-0.2, 0) is 13.0 Å². The monoisotopic (exact) mass is 267 g/mol. The lowest BCUT2D eigenvalue weighted by molar-refractivity contribution is 0.0702. The van der Waals surface area contributed by atoms with Crippen LogP contribution in [0.15, 0.2) is 16.7 Å². The van der Waals surface area contributed by atoms with Crippen molar-refractivity contribution < 1.29 is 14.4 Å². The SMILES string of the molecule is Cc1nc(CCNCc2ccc(C(=O)O)s2)no1. The van der Waals surface area contributed by atoms with Gasteiger partial charge in [-0.05, 0) is 12.1 Å². The van der Waals surface area contributed by atoms with Crippen molar-refractivity contribution in [1.82, 2.24) is 15.5 Å². The number of rotatable bonds is 6. The predicted octanol–water partition coefficient (Wildman–Crippen LogP) is 1.47. The van der Waals surface area contributed by atoms with Gasteiger partial charge in [-0.25, -0.2) is 4.79 Å². The summed E-state index contributed by atoms with van der Waals surface area (Å²) in [6.07, 6.45) is 0.689. The lowest BCUT2D eigenvalue weighted by Crippen LogP contribution is -2.16. The molecule has 0 aliphatic heterocycles. The zero-order valence-corrected chi connectivity index (χ0v) is 10.7. The first-order valence-electron chi connectivity index (χ1n) is 5.47. The molecule has 0 aromatic carbocycles. The molecular weight excluding hydrogens is 254 g/mol. The Morgan fingerprint density at radius 1 is 1.56 bits per heavy atom. The van der Waals surface area contributed by atoms with Crippen LogP contribution in [0.25, 0.3) is 0 Å². The lowest BCUT2D eigenvalue weighted by atomic mass is 10.4. The third-order valence-corrected chi connectivity index (χ3v) is 3.34. The van der Waals surface area contributed by atoms with Crippen molar-refractivity contribution in [1.29, 1.82) is 0 Å². The number of hydrogen-bond donors (Lipinski definition) is 2. The molecule has 96 valence electrons. The second-order valence-electron chi connectivity index (χ2n) is 3.73. The number of aromatic nitrogens is 2. The molecule has 0 saturated heterocycles. The van der Waals surface area contributed by atoms with E-state index < -0.39 is 5.97 Å². The van der Waals surface area contributed by atoms with Crippen LogP contribution in [0.2, 0.25) is 0 Å². The third kappa shape index (κ3) is 3.38. The Labute approximate surface area is 108 Å². The van der Waals surface area contributed by atoms with E-state index in [1.807, 2.05) is 6.07 Å². The van der Waals surface area contributed by atoms with Gasteiger partial charge in [-0.15, -0.1) is 11.3 Å². The van der Waals surface area contributed by atoms with Crippen LogP contribution in [0, 0.1) is 6.92 Å². The smallest absolute Gasteiger partial charge is 0.345 e. The van der Waals surface area contributed by atoms with Crippen molar-refractivity contribution in [3.8, 4) is 0 Å². The van der Waals surface area contributed by atoms with Gasteiger partial charge in [0, 0.05) is 31.3 Å². The van der Waals surface area contributed by atoms with Crippen LogP contribution < -0.4 is 5.32 Å². The summed E-state index contributed by atoms with van der Waals surface area (Å²) < 4.78 is 4.86. The Morgan fingerprint density at radius 3 is 3.00 bits per heavy atom. The summed E-state index contributed by atoms with van der Waals surface area (Å²) in [6.45, 7) is 3.12. The van der Waals surface area contributed by atoms with Crippen LogP contribution in [0.1, 0.15) is 26.3 Å². The number of nitrogens with one attached hydrogen (secondary N) is 1. The lowest BCUT2D eigenvalue weighted by Gasteiger charge is -1.99. The summed E-state index contributed by atoms with van der Waals surface area (Å²) in [6, 6.07) is 3.44. The molecule has 2 heterocycles. The summed E-state index contributed by atoms with van der Waals surface area (Å²) in [7, 11) is 0. The van der Waals surface area contributed by atoms with E-state index in [-0.39, 0.29) is 0 Å². The van der Waals surface area contributed by atoms with E-state index in [0.29, 0.717) is 29.6 Å². The average Bonchev–Trinajstić information content (AvgIpc) is 2.93. The summed E-state index contributed by atoms with van der Waals surface area (Å²) >= 11 is 1.28. The van der Waals surface area contributed by atoms with Gasteiger partial charge in [0.25, 0.3) is 0 Å². The standard InChI is InChI=1S/C11H13N3O3S/c1-7-13-10(14-17-7)4-5-12-6-8-2-3-9(18-8)11(15)16/h2-3,12H,4-6H2,1H3,(H,15,16). The number of aryl methyl sites for hydroxylation is 1. The quantitative estimate of drug-likeness (QED) is 0.770. The van der Waals surface area contributed by atoms with Crippen LogP contribution in [-0.4, -0.2) is 27.8 Å². The highest BCUT2D eigenvalue weighted by Gasteiger charge is 2.06. The maximum atomic E-state index is 10.7. The first-order chi connectivity index (χ1) is 8.65. The molecule has 0 bridgehead atoms. The maximum Gasteiger partial charge on any atom is 0.345 e. The topological polar surface area (TPSA) is 88.2 Å². The number of hydrogen-bond acceptors (Lipinski definition) is 6. The van der Waals surface area contributed by atoms with Crippen molar-refractivity contribution in [3.05, 3.63) is 33.6 Å². The summed E-state index contributed by atoms with van der Waals surface area (Å²) in [5, 5.41) is 15.8. The zero-order chi connectivity index (χ0) is 13.0. The van der Waals surface area contributed by atoms with Gasteiger partial charge < -0.3 is 14.9 Å². The number of thiophene rings is 1. The number of carbonyl (C=O) groups is 1. The molecule has 2 aromatic rings. The normalized spacial score (nSPS) is 10.7. The zero-order valence-electron chi connectivity index (χ0n) is 9.84. The number of carboxylic acid groups (broad SMARTS) is 1. The third-order valence-electron chi connectivity index (χ3n) is 2.27. The minimum atomic E-state index is -0.881. The Morgan fingerprint density at radius 2 is 2.39 bits per heavy atom. The van der Waals surface area contributed by atoms with Crippen LogP contribution in [0.5, 0.6) is 0 Å². The molecule has 0 amide bonds. The van der Waals surface area contributed by atoms with Gasteiger partial charge in [-0.2, -0.15) is 4.98 Å². The van der Waals surface area contributed by atoms with Crippen molar-refractivity contribution >= 4 is 17.3 Å². The van der Waals surface area contributed by atoms with E-state index >= 15 is 0 Å². The molecule has 2 N–H and O–H groups in total. The van der Waals surface area contributed by atoms with Crippen molar-refractivity contribution in [2.75, 3.05) is 6.54 Å². The van der Waals surface area contributed by atoms with Crippen molar-refractivity contribution in [2.24, 2.45) is 0 Å². The van der Waals surface area contributed by atoms with Gasteiger partial charge in [0.05, 0.1) is 0 Å². The number of nitrogens with zero attached hydrogens (tertiary/aromatic N) is 2. The average molecular weight is 267 g/mol. The van der Waals surface area contributed by atoms with E-state index in [0.717, 1.165) is 11.4 Å². The Hall–Kier alpha value is -1.73. The first-order valence-corrected chi connectivity index (χ1v) is 6.28. The minimum Gasteiger partial charge on any atom is -0.477 e. The van der Waals surface area contributed by atoms with Gasteiger partial charge in [0.1, 0.15) is 4.88 Å². The molecule has 2 rings (SSSR count). The summed E-state index contributed by atoms with van der Waals surface area (Å²) in [5.74, 6) is 0.361. The van der Waals surface area contributed by atoms with Gasteiger partial charge in [0.15, 0.2) is 5.82 Å². The molecule has 0 aliphatic carbocycles. The Kier molecular flexibility index (Phi) is 4.06. The van der Waals surface area contributed by atoms with Gasteiger partial charge in [-0.3, -0.25) is 0 Å². The number of aromatic carboxylic acids is 1. The molecule has 0 spiro atoms. The van der Waals surface area contributed by atoms with E-state index in [2.05, 4.69) is 15.5 Å². The molecule has 0 radical (unpaired) electrons. The molecule has 0 atom stereocenters. The van der Waals surface area contributed by atoms with E-state index in [1.54, 1.807) is 13.0 Å². The molecule has 7 heteroatoms. The van der Waals surface area contributed by atoms with Gasteiger partial charge in [-0.1, -0.05) is 5.16 Å². The fourth-order valence-electron chi connectivity index (χ4n) is 1.44. The fourth-order valence-corrected chi connectivity index (χ4v) is 2.26. The number of carboxylic acids is 1. The van der Waals surface area contributed by atoms with E-state index in [4.69, 9.17) is 9.63 Å². The second kappa shape index (κ2) is 5.74. The molecular formula is C11H13N3O3S. The first kappa shape index (κ1) is 12.7. The van der Waals surface area contributed by atoms with Crippen LogP contribution in [0.4, 0.5) is 0 Å². The predicted molar refractivity (Wildman–Crippen MR) is 65.7 cm³/mol. The highest BCUT2D eigenvalue weighted by atomic mass is 32.1. The second-order valence-corrected chi connectivity index (χ2v) is 4.90. The maximum absolute atomic E-state index is 10.7.